The number of rotatable bonds is 6. The van der Waals surface area contributed by atoms with Crippen molar-refractivity contribution in [1.29, 1.82) is 0 Å². The van der Waals surface area contributed by atoms with E-state index in [-0.39, 0.29) is 23.7 Å². The van der Waals surface area contributed by atoms with E-state index in [1.165, 1.54) is 32.1 Å². The molecule has 2 fully saturated rings. The van der Waals surface area contributed by atoms with Crippen LogP contribution in [0.5, 0.6) is 0 Å². The van der Waals surface area contributed by atoms with Gasteiger partial charge in [0.1, 0.15) is 0 Å². The highest BCUT2D eigenvalue weighted by molar-refractivity contribution is 5.92. The predicted octanol–water partition coefficient (Wildman–Crippen LogP) is 2.82. The molecule has 0 atom stereocenters. The summed E-state index contributed by atoms with van der Waals surface area (Å²) in [6.45, 7) is 2.56. The van der Waals surface area contributed by atoms with Gasteiger partial charge < -0.3 is 16.4 Å². The Morgan fingerprint density at radius 1 is 1.07 bits per heavy atom. The van der Waals surface area contributed by atoms with Crippen molar-refractivity contribution in [3.8, 4) is 0 Å². The Balaban J connectivity index is 0.00000261. The minimum atomic E-state index is -0.418. The van der Waals surface area contributed by atoms with E-state index in [0.29, 0.717) is 17.9 Å². The molecule has 27 heavy (non-hydrogen) atoms. The van der Waals surface area contributed by atoms with Gasteiger partial charge in [0.05, 0.1) is 5.41 Å². The number of hydrogen-bond donors (Lipinski definition) is 3. The first kappa shape index (κ1) is 21.7. The number of amides is 2. The summed E-state index contributed by atoms with van der Waals surface area (Å²) in [6, 6.07) is 7.37. The normalized spacial score (nSPS) is 19.7. The van der Waals surface area contributed by atoms with Crippen molar-refractivity contribution in [2.24, 2.45) is 17.1 Å². The molecule has 2 amide bonds. The van der Waals surface area contributed by atoms with E-state index in [1.54, 1.807) is 12.1 Å². The number of nitrogens with one attached hydrogen (secondary N) is 2. The molecule has 6 heteroatoms. The number of primary amides is 1. The molecule has 0 aromatic heterocycles. The van der Waals surface area contributed by atoms with Gasteiger partial charge in [0.2, 0.25) is 11.8 Å². The second-order valence-electron chi connectivity index (χ2n) is 7.98. The van der Waals surface area contributed by atoms with Crippen LogP contribution in [-0.2, 0) is 11.2 Å². The summed E-state index contributed by atoms with van der Waals surface area (Å²) in [5.41, 5.74) is 6.57. The summed E-state index contributed by atoms with van der Waals surface area (Å²) in [7, 11) is 0. The van der Waals surface area contributed by atoms with Gasteiger partial charge in [-0.05, 0) is 68.8 Å². The molecule has 1 aromatic rings. The fraction of sp³-hybridized carbons (Fsp3) is 0.619. The van der Waals surface area contributed by atoms with Gasteiger partial charge in [-0.25, -0.2) is 0 Å². The van der Waals surface area contributed by atoms with E-state index in [9.17, 15) is 9.59 Å². The van der Waals surface area contributed by atoms with Crippen LogP contribution in [0.4, 0.5) is 0 Å². The number of benzene rings is 1. The molecule has 1 heterocycles. The largest absolute Gasteiger partial charge is 0.366 e. The van der Waals surface area contributed by atoms with E-state index in [0.717, 1.165) is 38.0 Å². The van der Waals surface area contributed by atoms with Crippen molar-refractivity contribution in [3.63, 3.8) is 0 Å². The summed E-state index contributed by atoms with van der Waals surface area (Å²) in [5.74, 6) is 0.420. The maximum Gasteiger partial charge on any atom is 0.248 e. The van der Waals surface area contributed by atoms with Crippen LogP contribution < -0.4 is 16.4 Å². The van der Waals surface area contributed by atoms with Crippen LogP contribution in [0.1, 0.15) is 60.9 Å². The van der Waals surface area contributed by atoms with Crippen molar-refractivity contribution in [2.45, 2.75) is 51.4 Å². The topological polar surface area (TPSA) is 84.2 Å². The fourth-order valence-corrected chi connectivity index (χ4v) is 4.38. The van der Waals surface area contributed by atoms with Crippen molar-refractivity contribution in [1.82, 2.24) is 10.6 Å². The molecule has 0 spiro atoms. The lowest BCUT2D eigenvalue weighted by Crippen LogP contribution is -2.49. The van der Waals surface area contributed by atoms with Crippen LogP contribution in [0.25, 0.3) is 0 Å². The van der Waals surface area contributed by atoms with Crippen LogP contribution in [0.3, 0.4) is 0 Å². The molecule has 1 aromatic carbocycles. The monoisotopic (exact) mass is 393 g/mol. The van der Waals surface area contributed by atoms with Gasteiger partial charge in [-0.2, -0.15) is 0 Å². The molecule has 4 N–H and O–H groups in total. The van der Waals surface area contributed by atoms with Gasteiger partial charge in [0.15, 0.2) is 0 Å². The molecule has 2 aliphatic rings. The minimum absolute atomic E-state index is 0. The van der Waals surface area contributed by atoms with Gasteiger partial charge >= 0.3 is 0 Å². The second kappa shape index (κ2) is 10.1. The third-order valence-electron chi connectivity index (χ3n) is 6.10. The molecule has 1 aliphatic heterocycles. The standard InChI is InChI=1S/C21H31N3O2.ClH/c22-19(25)18-8-6-16(7-9-18)14-21(10-12-23-13-11-21)20(26)24-15-17-4-2-1-3-5-17;/h6-9,17,23H,1-5,10-15H2,(H2,22,25)(H,24,26);1H. The van der Waals surface area contributed by atoms with Crippen LogP contribution in [0.2, 0.25) is 0 Å². The first-order valence-electron chi connectivity index (χ1n) is 9.97. The van der Waals surface area contributed by atoms with Crippen LogP contribution in [-0.4, -0.2) is 31.4 Å². The number of halogens is 1. The maximum atomic E-state index is 13.1. The van der Waals surface area contributed by atoms with Gasteiger partial charge in [-0.15, -0.1) is 12.4 Å². The maximum absolute atomic E-state index is 13.1. The van der Waals surface area contributed by atoms with Crippen LogP contribution in [0, 0.1) is 11.3 Å². The Morgan fingerprint density at radius 3 is 2.30 bits per heavy atom. The molecular formula is C21H32ClN3O2. The van der Waals surface area contributed by atoms with E-state index in [4.69, 9.17) is 5.73 Å². The summed E-state index contributed by atoms with van der Waals surface area (Å²) in [5, 5.41) is 6.64. The van der Waals surface area contributed by atoms with Crippen molar-refractivity contribution in [2.75, 3.05) is 19.6 Å². The van der Waals surface area contributed by atoms with E-state index in [2.05, 4.69) is 10.6 Å². The Kier molecular flexibility index (Phi) is 8.11. The number of carbonyl (C=O) groups is 2. The number of piperidine rings is 1. The Morgan fingerprint density at radius 2 is 1.70 bits per heavy atom. The summed E-state index contributed by atoms with van der Waals surface area (Å²) in [6.07, 6.45) is 8.81. The molecule has 0 radical (unpaired) electrons. The summed E-state index contributed by atoms with van der Waals surface area (Å²) < 4.78 is 0. The van der Waals surface area contributed by atoms with Crippen LogP contribution in [0.15, 0.2) is 24.3 Å². The zero-order chi connectivity index (χ0) is 18.4. The SMILES string of the molecule is Cl.NC(=O)c1ccc(CC2(C(=O)NCC3CCCCC3)CCNCC2)cc1. The smallest absolute Gasteiger partial charge is 0.248 e. The quantitative estimate of drug-likeness (QED) is 0.694. The highest BCUT2D eigenvalue weighted by Gasteiger charge is 2.39. The zero-order valence-electron chi connectivity index (χ0n) is 16.0. The summed E-state index contributed by atoms with van der Waals surface area (Å²) in [4.78, 5) is 24.4. The molecule has 1 saturated heterocycles. The Bertz CT molecular complexity index is 621. The number of nitrogens with two attached hydrogens (primary N) is 1. The zero-order valence-corrected chi connectivity index (χ0v) is 16.8. The molecule has 1 aliphatic carbocycles. The average molecular weight is 394 g/mol. The molecule has 1 saturated carbocycles. The second-order valence-corrected chi connectivity index (χ2v) is 7.98. The highest BCUT2D eigenvalue weighted by atomic mass is 35.5. The Labute approximate surface area is 168 Å². The van der Waals surface area contributed by atoms with Gasteiger partial charge in [-0.1, -0.05) is 31.4 Å². The lowest BCUT2D eigenvalue weighted by atomic mass is 9.73. The molecular weight excluding hydrogens is 362 g/mol. The number of carbonyl (C=O) groups excluding carboxylic acids is 2. The lowest BCUT2D eigenvalue weighted by molar-refractivity contribution is -0.132. The van der Waals surface area contributed by atoms with Gasteiger partial charge in [0.25, 0.3) is 0 Å². The van der Waals surface area contributed by atoms with Gasteiger partial charge in [0, 0.05) is 12.1 Å². The van der Waals surface area contributed by atoms with E-state index < -0.39 is 5.91 Å². The minimum Gasteiger partial charge on any atom is -0.366 e. The van der Waals surface area contributed by atoms with Gasteiger partial charge in [-0.3, -0.25) is 9.59 Å². The molecule has 0 unspecified atom stereocenters. The van der Waals surface area contributed by atoms with E-state index >= 15 is 0 Å². The third-order valence-corrected chi connectivity index (χ3v) is 6.10. The van der Waals surface area contributed by atoms with E-state index in [1.807, 2.05) is 12.1 Å². The lowest BCUT2D eigenvalue weighted by Gasteiger charge is -2.37. The fourth-order valence-electron chi connectivity index (χ4n) is 4.38. The average Bonchev–Trinajstić information content (AvgIpc) is 2.68. The third kappa shape index (κ3) is 5.69. The first-order valence-corrected chi connectivity index (χ1v) is 9.97. The predicted molar refractivity (Wildman–Crippen MR) is 110 cm³/mol. The van der Waals surface area contributed by atoms with Crippen molar-refractivity contribution in [3.05, 3.63) is 35.4 Å². The van der Waals surface area contributed by atoms with Crippen molar-refractivity contribution >= 4 is 24.2 Å². The summed E-state index contributed by atoms with van der Waals surface area (Å²) >= 11 is 0. The van der Waals surface area contributed by atoms with Crippen LogP contribution >= 0.6 is 12.4 Å². The molecule has 150 valence electrons. The van der Waals surface area contributed by atoms with Crippen molar-refractivity contribution < 1.29 is 9.59 Å². The molecule has 0 bridgehead atoms. The number of hydrogen-bond acceptors (Lipinski definition) is 3. The molecule has 5 nitrogen and oxygen atoms in total. The Hall–Kier alpha value is -1.59. The first-order chi connectivity index (χ1) is 12.6. The molecule has 3 rings (SSSR count). The highest BCUT2D eigenvalue weighted by Crippen LogP contribution is 2.34.